The Labute approximate surface area is 160 Å². The van der Waals surface area contributed by atoms with Crippen LogP contribution in [0.15, 0.2) is 44.0 Å². The molecule has 3 aromatic heterocycles. The highest BCUT2D eigenvalue weighted by molar-refractivity contribution is 7.08. The predicted molar refractivity (Wildman–Crippen MR) is 105 cm³/mol. The highest BCUT2D eigenvalue weighted by atomic mass is 32.1. The van der Waals surface area contributed by atoms with Gasteiger partial charge in [0.25, 0.3) is 5.56 Å². The molecule has 0 amide bonds. The first-order chi connectivity index (χ1) is 12.7. The van der Waals surface area contributed by atoms with Gasteiger partial charge in [0.2, 0.25) is 0 Å². The molecule has 8 heteroatoms. The maximum Gasteiger partial charge on any atom is 0.274 e. The zero-order valence-electron chi connectivity index (χ0n) is 13.2. The van der Waals surface area contributed by atoms with Crippen LogP contribution in [-0.2, 0) is 0 Å². The number of aromatic nitrogens is 1. The molecule has 1 atom stereocenters. The standard InChI is InChI=1S/C18H10N4OS3/c19-6-12-15(11-2-4-25-9-11)13(7-20)18-22(16(12)21)17(23)14(26-18)5-10-1-3-24-8-10/h1-5,8-9,15H,21H2/b14-5-/t15-/m1/s1. The molecule has 26 heavy (non-hydrogen) atoms. The molecule has 0 bridgehead atoms. The van der Waals surface area contributed by atoms with Crippen molar-refractivity contribution in [3.63, 3.8) is 0 Å². The van der Waals surface area contributed by atoms with E-state index >= 15 is 0 Å². The SMILES string of the molecule is N#CC1=C(N)n2c(s/c(=C\c3ccsc3)c2=O)=C(C#N)[C@@H]1c1ccsc1. The molecule has 3 aromatic rings. The lowest BCUT2D eigenvalue weighted by atomic mass is 9.86. The van der Waals surface area contributed by atoms with Gasteiger partial charge in [-0.25, -0.2) is 0 Å². The summed E-state index contributed by atoms with van der Waals surface area (Å²) in [6.45, 7) is 0. The fourth-order valence-corrected chi connectivity index (χ4v) is 5.36. The lowest BCUT2D eigenvalue weighted by molar-refractivity contribution is 0.908. The Balaban J connectivity index is 2.11. The van der Waals surface area contributed by atoms with Gasteiger partial charge in [0.15, 0.2) is 0 Å². The Bertz CT molecular complexity index is 1280. The van der Waals surface area contributed by atoms with Crippen molar-refractivity contribution in [2.45, 2.75) is 5.92 Å². The van der Waals surface area contributed by atoms with Gasteiger partial charge in [-0.15, -0.1) is 11.3 Å². The quantitative estimate of drug-likeness (QED) is 0.719. The molecule has 0 saturated heterocycles. The topological polar surface area (TPSA) is 95.6 Å². The van der Waals surface area contributed by atoms with Crippen molar-refractivity contribution in [1.82, 2.24) is 4.57 Å². The molecule has 5 nitrogen and oxygen atoms in total. The first kappa shape index (κ1) is 16.6. The predicted octanol–water partition coefficient (Wildman–Crippen LogP) is 1.98. The van der Waals surface area contributed by atoms with E-state index in [9.17, 15) is 15.3 Å². The van der Waals surface area contributed by atoms with Gasteiger partial charge >= 0.3 is 0 Å². The molecule has 126 valence electrons. The van der Waals surface area contributed by atoms with Crippen molar-refractivity contribution in [1.29, 1.82) is 10.5 Å². The van der Waals surface area contributed by atoms with E-state index in [2.05, 4.69) is 12.1 Å². The van der Waals surface area contributed by atoms with Crippen molar-refractivity contribution < 1.29 is 0 Å². The summed E-state index contributed by atoms with van der Waals surface area (Å²) in [6, 6.07) is 8.09. The van der Waals surface area contributed by atoms with E-state index in [0.29, 0.717) is 14.8 Å². The molecule has 1 aliphatic rings. The van der Waals surface area contributed by atoms with E-state index in [1.54, 1.807) is 6.08 Å². The number of hydrogen-bond donors (Lipinski definition) is 1. The summed E-state index contributed by atoms with van der Waals surface area (Å²) in [5, 5.41) is 27.1. The fourth-order valence-electron chi connectivity index (χ4n) is 2.93. The number of hydrogen-bond acceptors (Lipinski definition) is 7. The zero-order valence-corrected chi connectivity index (χ0v) is 15.6. The third-order valence-electron chi connectivity index (χ3n) is 4.11. The molecule has 0 unspecified atom stereocenters. The largest absolute Gasteiger partial charge is 0.384 e. The van der Waals surface area contributed by atoms with Crippen LogP contribution in [0.3, 0.4) is 0 Å². The van der Waals surface area contributed by atoms with Crippen LogP contribution in [0.25, 0.3) is 17.5 Å². The summed E-state index contributed by atoms with van der Waals surface area (Å²) < 4.78 is 2.27. The number of fused-ring (bicyclic) bond motifs is 1. The molecular formula is C18H10N4OS3. The minimum absolute atomic E-state index is 0.101. The first-order valence-corrected chi connectivity index (χ1v) is 10.2. The summed E-state index contributed by atoms with van der Waals surface area (Å²) in [7, 11) is 0. The van der Waals surface area contributed by atoms with Crippen molar-refractivity contribution in [2.24, 2.45) is 5.73 Å². The van der Waals surface area contributed by atoms with Crippen LogP contribution in [0.4, 0.5) is 0 Å². The average molecular weight is 395 g/mol. The molecule has 0 fully saturated rings. The van der Waals surface area contributed by atoms with Crippen LogP contribution in [0, 0.1) is 22.7 Å². The summed E-state index contributed by atoms with van der Waals surface area (Å²) >= 11 is 4.26. The Hall–Kier alpha value is -2.91. The third kappa shape index (κ3) is 2.44. The molecule has 2 N–H and O–H groups in total. The Kier molecular flexibility index (Phi) is 4.09. The van der Waals surface area contributed by atoms with Crippen LogP contribution < -0.4 is 20.5 Å². The number of thiazole rings is 1. The summed E-state index contributed by atoms with van der Waals surface area (Å²) in [5.41, 5.74) is 8.25. The molecule has 0 aliphatic carbocycles. The molecule has 0 aromatic carbocycles. The van der Waals surface area contributed by atoms with Crippen LogP contribution in [-0.4, -0.2) is 4.57 Å². The van der Waals surface area contributed by atoms with Crippen LogP contribution in [0.1, 0.15) is 17.0 Å². The number of nitriles is 2. The highest BCUT2D eigenvalue weighted by Gasteiger charge is 2.32. The molecule has 0 radical (unpaired) electrons. The molecule has 0 spiro atoms. The molecule has 4 rings (SSSR count). The van der Waals surface area contributed by atoms with Gasteiger partial charge in [0.05, 0.1) is 33.7 Å². The summed E-state index contributed by atoms with van der Waals surface area (Å²) in [6.07, 6.45) is 1.78. The second-order valence-corrected chi connectivity index (χ2v) is 8.13. The van der Waals surface area contributed by atoms with E-state index < -0.39 is 5.92 Å². The Morgan fingerprint density at radius 3 is 2.46 bits per heavy atom. The van der Waals surface area contributed by atoms with Crippen LogP contribution in [0.2, 0.25) is 0 Å². The number of allylic oxidation sites excluding steroid dienone is 1. The fraction of sp³-hybridized carbons (Fsp3) is 0.0556. The number of nitrogens with zero attached hydrogens (tertiary/aromatic N) is 3. The minimum atomic E-state index is -0.539. The van der Waals surface area contributed by atoms with Gasteiger partial charge in [0.1, 0.15) is 10.5 Å². The Morgan fingerprint density at radius 1 is 1.12 bits per heavy atom. The lowest BCUT2D eigenvalue weighted by Gasteiger charge is -2.21. The van der Waals surface area contributed by atoms with Crippen LogP contribution in [0.5, 0.6) is 0 Å². The average Bonchev–Trinajstić information content (AvgIpc) is 3.38. The number of thiophene rings is 2. The number of nitrogens with two attached hydrogens (primary N) is 1. The van der Waals surface area contributed by atoms with Crippen molar-refractivity contribution in [2.75, 3.05) is 0 Å². The van der Waals surface area contributed by atoms with Gasteiger partial charge in [-0.3, -0.25) is 9.36 Å². The first-order valence-electron chi connectivity index (χ1n) is 7.48. The molecule has 1 aliphatic heterocycles. The van der Waals surface area contributed by atoms with Gasteiger partial charge < -0.3 is 5.73 Å². The Morgan fingerprint density at radius 2 is 1.85 bits per heavy atom. The van der Waals surface area contributed by atoms with Gasteiger partial charge in [0, 0.05) is 0 Å². The van der Waals surface area contributed by atoms with Gasteiger partial charge in [-0.05, 0) is 50.9 Å². The minimum Gasteiger partial charge on any atom is -0.384 e. The van der Waals surface area contributed by atoms with Gasteiger partial charge in [-0.2, -0.15) is 33.2 Å². The van der Waals surface area contributed by atoms with E-state index in [-0.39, 0.29) is 17.0 Å². The maximum atomic E-state index is 12.9. The highest BCUT2D eigenvalue weighted by Crippen LogP contribution is 2.36. The summed E-state index contributed by atoms with van der Waals surface area (Å²) in [4.78, 5) is 12.9. The second-order valence-electron chi connectivity index (χ2n) is 5.54. The van der Waals surface area contributed by atoms with E-state index in [4.69, 9.17) is 5.73 Å². The van der Waals surface area contributed by atoms with Crippen molar-refractivity contribution >= 4 is 51.5 Å². The van der Waals surface area contributed by atoms with E-state index in [1.165, 1.54) is 38.6 Å². The second kappa shape index (κ2) is 6.43. The molecule has 4 heterocycles. The van der Waals surface area contributed by atoms with Crippen molar-refractivity contribution in [3.05, 3.63) is 69.9 Å². The maximum absolute atomic E-state index is 12.9. The number of rotatable bonds is 2. The molecular weight excluding hydrogens is 384 g/mol. The van der Waals surface area contributed by atoms with Crippen LogP contribution >= 0.6 is 34.0 Å². The van der Waals surface area contributed by atoms with E-state index in [0.717, 1.165) is 11.1 Å². The summed E-state index contributed by atoms with van der Waals surface area (Å²) in [5.74, 6) is -0.438. The normalized spacial score (nSPS) is 17.1. The third-order valence-corrected chi connectivity index (χ3v) is 6.62. The smallest absolute Gasteiger partial charge is 0.274 e. The van der Waals surface area contributed by atoms with E-state index in [1.807, 2.05) is 33.7 Å². The van der Waals surface area contributed by atoms with Gasteiger partial charge in [-0.1, -0.05) is 0 Å². The monoisotopic (exact) mass is 394 g/mol. The van der Waals surface area contributed by atoms with Crippen molar-refractivity contribution in [3.8, 4) is 12.1 Å². The lowest BCUT2D eigenvalue weighted by Crippen LogP contribution is -2.38. The molecule has 0 saturated carbocycles. The zero-order chi connectivity index (χ0) is 18.3.